The molecule has 0 aliphatic rings. The van der Waals surface area contributed by atoms with Gasteiger partial charge in [-0.2, -0.15) is 5.10 Å². The molecule has 0 saturated heterocycles. The van der Waals surface area contributed by atoms with Gasteiger partial charge in [-0.05, 0) is 32.0 Å². The Morgan fingerprint density at radius 3 is 2.78 bits per heavy atom. The molecule has 2 aromatic rings. The maximum absolute atomic E-state index is 13.8. The molecule has 2 rings (SSSR count). The van der Waals surface area contributed by atoms with Gasteiger partial charge in [0, 0.05) is 17.1 Å². The van der Waals surface area contributed by atoms with Gasteiger partial charge in [0.2, 0.25) is 0 Å². The van der Waals surface area contributed by atoms with Crippen molar-refractivity contribution in [2.45, 2.75) is 26.4 Å². The third-order valence-corrected chi connectivity index (χ3v) is 3.08. The molecule has 1 atom stereocenters. The zero-order chi connectivity index (χ0) is 13.3. The van der Waals surface area contributed by atoms with Crippen LogP contribution in [0.4, 0.5) is 4.39 Å². The van der Waals surface area contributed by atoms with Gasteiger partial charge in [-0.15, -0.1) is 0 Å². The number of halogens is 2. The van der Waals surface area contributed by atoms with Gasteiger partial charge in [-0.1, -0.05) is 17.7 Å². The number of aryl methyl sites for hydroxylation is 2. The number of hydrogen-bond acceptors (Lipinski definition) is 2. The molecular weight excluding hydrogens is 253 g/mol. The average molecular weight is 268 g/mol. The van der Waals surface area contributed by atoms with Crippen molar-refractivity contribution in [3.63, 3.8) is 0 Å². The van der Waals surface area contributed by atoms with Crippen LogP contribution >= 0.6 is 11.6 Å². The monoisotopic (exact) mass is 267 g/mol. The minimum absolute atomic E-state index is 0.364. The molecule has 1 unspecified atom stereocenters. The largest absolute Gasteiger partial charge is 0.319 e. The van der Waals surface area contributed by atoms with Gasteiger partial charge < -0.3 is 5.73 Å². The molecule has 0 bridgehead atoms. The summed E-state index contributed by atoms with van der Waals surface area (Å²) in [6, 6.07) is 5.87. The van der Waals surface area contributed by atoms with Crippen LogP contribution in [0, 0.1) is 12.7 Å². The lowest BCUT2D eigenvalue weighted by molar-refractivity contribution is 0.567. The van der Waals surface area contributed by atoms with Crippen LogP contribution in [0.2, 0.25) is 5.02 Å². The molecule has 3 nitrogen and oxygen atoms in total. The molecule has 2 N–H and O–H groups in total. The number of rotatable bonds is 3. The average Bonchev–Trinajstić information content (AvgIpc) is 2.69. The molecule has 0 radical (unpaired) electrons. The Bertz CT molecular complexity index is 565. The van der Waals surface area contributed by atoms with Crippen molar-refractivity contribution in [3.05, 3.63) is 52.1 Å². The van der Waals surface area contributed by atoms with Crippen molar-refractivity contribution in [2.24, 2.45) is 5.73 Å². The van der Waals surface area contributed by atoms with Crippen LogP contribution in [-0.4, -0.2) is 9.78 Å². The summed E-state index contributed by atoms with van der Waals surface area (Å²) < 4.78 is 15.6. The smallest absolute Gasteiger partial charge is 0.129 e. The summed E-state index contributed by atoms with van der Waals surface area (Å²) in [5.74, 6) is -0.392. The highest BCUT2D eigenvalue weighted by Crippen LogP contribution is 2.25. The van der Waals surface area contributed by atoms with Gasteiger partial charge >= 0.3 is 0 Å². The summed E-state index contributed by atoms with van der Waals surface area (Å²) in [5.41, 5.74) is 8.21. The number of aromatic nitrogens is 2. The summed E-state index contributed by atoms with van der Waals surface area (Å²) >= 11 is 5.73. The Balaban J connectivity index is 2.43. The van der Waals surface area contributed by atoms with E-state index in [4.69, 9.17) is 17.3 Å². The summed E-state index contributed by atoms with van der Waals surface area (Å²) in [7, 11) is 0. The van der Waals surface area contributed by atoms with Crippen molar-refractivity contribution in [1.29, 1.82) is 0 Å². The van der Waals surface area contributed by atoms with Crippen molar-refractivity contribution >= 4 is 11.6 Å². The Hall–Kier alpha value is -1.39. The van der Waals surface area contributed by atoms with E-state index in [-0.39, 0.29) is 0 Å². The van der Waals surface area contributed by atoms with Crippen LogP contribution in [0.1, 0.15) is 29.9 Å². The second-order valence-electron chi connectivity index (χ2n) is 4.17. The van der Waals surface area contributed by atoms with Crippen LogP contribution in [0.3, 0.4) is 0 Å². The van der Waals surface area contributed by atoms with E-state index in [0.29, 0.717) is 17.1 Å². The first-order chi connectivity index (χ1) is 8.52. The third-order valence-electron chi connectivity index (χ3n) is 2.85. The fourth-order valence-corrected chi connectivity index (χ4v) is 2.14. The number of nitrogens with two attached hydrogens (primary N) is 1. The van der Waals surface area contributed by atoms with Crippen LogP contribution in [0.5, 0.6) is 0 Å². The third kappa shape index (κ3) is 2.40. The fourth-order valence-electron chi connectivity index (χ4n) is 1.98. The normalized spacial score (nSPS) is 12.7. The van der Waals surface area contributed by atoms with E-state index in [1.165, 1.54) is 6.07 Å². The quantitative estimate of drug-likeness (QED) is 0.929. The summed E-state index contributed by atoms with van der Waals surface area (Å²) in [6.45, 7) is 4.56. The van der Waals surface area contributed by atoms with Crippen molar-refractivity contribution in [2.75, 3.05) is 0 Å². The molecular formula is C13H15ClFN3. The highest BCUT2D eigenvalue weighted by atomic mass is 35.5. The molecule has 0 amide bonds. The van der Waals surface area contributed by atoms with Gasteiger partial charge in [0.05, 0.1) is 17.4 Å². The highest BCUT2D eigenvalue weighted by molar-refractivity contribution is 6.30. The Morgan fingerprint density at radius 2 is 2.17 bits per heavy atom. The molecule has 5 heteroatoms. The lowest BCUT2D eigenvalue weighted by Gasteiger charge is -2.14. The zero-order valence-corrected chi connectivity index (χ0v) is 11.1. The maximum atomic E-state index is 13.8. The summed E-state index contributed by atoms with van der Waals surface area (Å²) in [4.78, 5) is 0. The van der Waals surface area contributed by atoms with Crippen molar-refractivity contribution < 1.29 is 4.39 Å². The van der Waals surface area contributed by atoms with Gasteiger partial charge in [-0.25, -0.2) is 4.39 Å². The van der Waals surface area contributed by atoms with Crippen LogP contribution in [-0.2, 0) is 6.54 Å². The molecule has 1 aromatic heterocycles. The van der Waals surface area contributed by atoms with E-state index < -0.39 is 11.9 Å². The molecule has 0 fully saturated rings. The van der Waals surface area contributed by atoms with Crippen LogP contribution in [0.15, 0.2) is 24.3 Å². The van der Waals surface area contributed by atoms with Crippen LogP contribution < -0.4 is 5.73 Å². The zero-order valence-electron chi connectivity index (χ0n) is 10.3. The predicted molar refractivity (Wildman–Crippen MR) is 70.1 cm³/mol. The van der Waals surface area contributed by atoms with E-state index in [9.17, 15) is 4.39 Å². The number of hydrogen-bond donors (Lipinski definition) is 1. The van der Waals surface area contributed by atoms with E-state index in [1.54, 1.807) is 16.8 Å². The summed E-state index contributed by atoms with van der Waals surface area (Å²) in [5, 5.41) is 4.68. The fraction of sp³-hybridized carbons (Fsp3) is 0.308. The molecule has 0 aliphatic carbocycles. The molecule has 1 aromatic carbocycles. The molecule has 18 heavy (non-hydrogen) atoms. The van der Waals surface area contributed by atoms with E-state index in [2.05, 4.69) is 5.10 Å². The topological polar surface area (TPSA) is 43.8 Å². The first kappa shape index (κ1) is 13.1. The van der Waals surface area contributed by atoms with Gasteiger partial charge in [0.1, 0.15) is 5.82 Å². The van der Waals surface area contributed by atoms with Gasteiger partial charge in [0.25, 0.3) is 0 Å². The summed E-state index contributed by atoms with van der Waals surface area (Å²) in [6.07, 6.45) is 0. The minimum Gasteiger partial charge on any atom is -0.319 e. The van der Waals surface area contributed by atoms with E-state index >= 15 is 0 Å². The molecule has 0 aliphatic heterocycles. The second kappa shape index (κ2) is 5.08. The lowest BCUT2D eigenvalue weighted by atomic mass is 10.0. The molecule has 0 saturated carbocycles. The Morgan fingerprint density at radius 1 is 1.44 bits per heavy atom. The predicted octanol–water partition coefficient (Wildman–Crippen LogP) is 3.05. The van der Waals surface area contributed by atoms with Crippen LogP contribution in [0.25, 0.3) is 0 Å². The number of benzene rings is 1. The molecule has 0 spiro atoms. The Kier molecular flexibility index (Phi) is 3.68. The van der Waals surface area contributed by atoms with Gasteiger partial charge in [-0.3, -0.25) is 4.68 Å². The highest BCUT2D eigenvalue weighted by Gasteiger charge is 2.18. The molecule has 96 valence electrons. The standard InChI is InChI=1S/C13H15ClFN3/c1-3-18-12(6-8(2)17-18)13(16)10-5-4-9(14)7-11(10)15/h4-7,13H,3,16H2,1-2H3. The Labute approximate surface area is 110 Å². The van der Waals surface area contributed by atoms with E-state index in [1.807, 2.05) is 19.9 Å². The van der Waals surface area contributed by atoms with Gasteiger partial charge in [0.15, 0.2) is 0 Å². The minimum atomic E-state index is -0.539. The van der Waals surface area contributed by atoms with Crippen molar-refractivity contribution in [3.8, 4) is 0 Å². The first-order valence-electron chi connectivity index (χ1n) is 5.77. The SMILES string of the molecule is CCn1nc(C)cc1C(N)c1ccc(Cl)cc1F. The van der Waals surface area contributed by atoms with Crippen molar-refractivity contribution in [1.82, 2.24) is 9.78 Å². The molecule has 1 heterocycles. The maximum Gasteiger partial charge on any atom is 0.129 e. The first-order valence-corrected chi connectivity index (χ1v) is 6.15. The number of nitrogens with zero attached hydrogens (tertiary/aromatic N) is 2. The second-order valence-corrected chi connectivity index (χ2v) is 4.61. The lowest BCUT2D eigenvalue weighted by Crippen LogP contribution is -2.18. The van der Waals surface area contributed by atoms with E-state index in [0.717, 1.165) is 11.4 Å².